The molecule has 2 N–H and O–H groups in total. The van der Waals surface area contributed by atoms with Gasteiger partial charge in [-0.3, -0.25) is 0 Å². The quantitative estimate of drug-likeness (QED) is 0.828. The van der Waals surface area contributed by atoms with Gasteiger partial charge < -0.3 is 14.9 Å². The number of aryl methyl sites for hydroxylation is 1. The Hall–Kier alpha value is -1.81. The summed E-state index contributed by atoms with van der Waals surface area (Å²) >= 11 is 4.79. The summed E-state index contributed by atoms with van der Waals surface area (Å²) in [7, 11) is 0. The Morgan fingerprint density at radius 2 is 2.12 bits per heavy atom. The third-order valence-corrected chi connectivity index (χ3v) is 2.23. The monoisotopic (exact) mass is 233 g/mol. The Labute approximate surface area is 98.8 Å². The summed E-state index contributed by atoms with van der Waals surface area (Å²) in [6, 6.07) is 11.1. The highest BCUT2D eigenvalue weighted by atomic mass is 32.1. The Balaban J connectivity index is 2.17. The van der Waals surface area contributed by atoms with Crippen molar-refractivity contribution in [3.05, 3.63) is 47.7 Å². The maximum absolute atomic E-state index is 5.51. The fourth-order valence-electron chi connectivity index (χ4n) is 1.30. The second kappa shape index (κ2) is 4.37. The Morgan fingerprint density at radius 3 is 2.75 bits per heavy atom. The fourth-order valence-corrected chi connectivity index (χ4v) is 1.41. The highest BCUT2D eigenvalue weighted by Gasteiger charge is 2.05. The molecule has 82 valence electrons. The van der Waals surface area contributed by atoms with Gasteiger partial charge >= 0.3 is 0 Å². The van der Waals surface area contributed by atoms with E-state index in [1.54, 1.807) is 12.1 Å². The minimum atomic E-state index is 0.221. The first-order valence-electron chi connectivity index (χ1n) is 4.79. The summed E-state index contributed by atoms with van der Waals surface area (Å²) in [4.78, 5) is 0.221. The first-order chi connectivity index (χ1) is 7.65. The summed E-state index contributed by atoms with van der Waals surface area (Å²) in [5.41, 5.74) is 6.55. The van der Waals surface area contributed by atoms with Crippen LogP contribution in [0.5, 0.6) is 11.7 Å². The lowest BCUT2D eigenvalue weighted by Crippen LogP contribution is -2.07. The van der Waals surface area contributed by atoms with Gasteiger partial charge in [-0.15, -0.1) is 0 Å². The highest BCUT2D eigenvalue weighted by molar-refractivity contribution is 7.80. The van der Waals surface area contributed by atoms with E-state index in [9.17, 15) is 0 Å². The zero-order valence-electron chi connectivity index (χ0n) is 8.77. The average molecular weight is 233 g/mol. The van der Waals surface area contributed by atoms with Crippen molar-refractivity contribution in [3.63, 3.8) is 0 Å². The molecule has 1 aromatic heterocycles. The van der Waals surface area contributed by atoms with Gasteiger partial charge in [-0.1, -0.05) is 24.4 Å². The fraction of sp³-hybridized carbons (Fsp3) is 0.0833. The molecule has 2 rings (SSSR count). The molecule has 0 aliphatic heterocycles. The number of hydrogen-bond acceptors (Lipinski definition) is 3. The van der Waals surface area contributed by atoms with Crippen LogP contribution in [-0.2, 0) is 0 Å². The lowest BCUT2D eigenvalue weighted by Gasteiger charge is -2.02. The highest BCUT2D eigenvalue weighted by Crippen LogP contribution is 2.24. The molecule has 0 aliphatic carbocycles. The van der Waals surface area contributed by atoms with Crippen LogP contribution in [0.15, 0.2) is 40.8 Å². The zero-order chi connectivity index (χ0) is 11.5. The van der Waals surface area contributed by atoms with Crippen LogP contribution >= 0.6 is 12.2 Å². The van der Waals surface area contributed by atoms with Gasteiger partial charge in [0.25, 0.3) is 5.95 Å². The van der Waals surface area contributed by atoms with Crippen LogP contribution < -0.4 is 10.5 Å². The predicted molar refractivity (Wildman–Crippen MR) is 65.8 cm³/mol. The van der Waals surface area contributed by atoms with E-state index in [0.29, 0.717) is 11.7 Å². The second-order valence-corrected chi connectivity index (χ2v) is 3.84. The van der Waals surface area contributed by atoms with Crippen molar-refractivity contribution in [2.24, 2.45) is 5.73 Å². The number of nitrogens with two attached hydrogens (primary N) is 1. The number of thiocarbonyl (C=S) groups is 1. The SMILES string of the molecule is Cc1cccc(Oc2ccc(C(N)=S)o2)c1. The topological polar surface area (TPSA) is 48.4 Å². The number of hydrogen-bond donors (Lipinski definition) is 1. The lowest BCUT2D eigenvalue weighted by molar-refractivity contribution is 0.344. The molecule has 0 saturated carbocycles. The van der Waals surface area contributed by atoms with Crippen LogP contribution in [0.3, 0.4) is 0 Å². The molecule has 1 heterocycles. The van der Waals surface area contributed by atoms with Gasteiger partial charge in [0.15, 0.2) is 5.76 Å². The van der Waals surface area contributed by atoms with Crippen LogP contribution in [0.2, 0.25) is 0 Å². The summed E-state index contributed by atoms with van der Waals surface area (Å²) in [6.45, 7) is 2.00. The number of rotatable bonds is 3. The number of benzene rings is 1. The Morgan fingerprint density at radius 1 is 1.31 bits per heavy atom. The predicted octanol–water partition coefficient (Wildman–Crippen LogP) is 3.01. The molecule has 0 bridgehead atoms. The van der Waals surface area contributed by atoms with Gasteiger partial charge in [0.2, 0.25) is 0 Å². The van der Waals surface area contributed by atoms with Crippen LogP contribution in [0.25, 0.3) is 0 Å². The first kappa shape index (κ1) is 10.7. The molecule has 0 spiro atoms. The van der Waals surface area contributed by atoms with Crippen LogP contribution in [0, 0.1) is 6.92 Å². The van der Waals surface area contributed by atoms with Gasteiger partial charge in [0.05, 0.1) is 0 Å². The van der Waals surface area contributed by atoms with Crippen LogP contribution in [0.1, 0.15) is 11.3 Å². The molecule has 0 saturated heterocycles. The van der Waals surface area contributed by atoms with E-state index in [0.717, 1.165) is 11.3 Å². The molecule has 0 aliphatic rings. The number of furan rings is 1. The van der Waals surface area contributed by atoms with E-state index in [-0.39, 0.29) is 4.99 Å². The largest absolute Gasteiger partial charge is 0.426 e. The van der Waals surface area contributed by atoms with Gasteiger partial charge in [-0.2, -0.15) is 0 Å². The van der Waals surface area contributed by atoms with E-state index in [4.69, 9.17) is 27.1 Å². The molecule has 16 heavy (non-hydrogen) atoms. The minimum absolute atomic E-state index is 0.221. The molecular weight excluding hydrogens is 222 g/mol. The zero-order valence-corrected chi connectivity index (χ0v) is 9.58. The summed E-state index contributed by atoms with van der Waals surface area (Å²) in [5.74, 6) is 1.56. The van der Waals surface area contributed by atoms with E-state index >= 15 is 0 Å². The summed E-state index contributed by atoms with van der Waals surface area (Å²) in [5, 5.41) is 0. The smallest absolute Gasteiger partial charge is 0.290 e. The molecule has 2 aromatic rings. The second-order valence-electron chi connectivity index (χ2n) is 3.40. The minimum Gasteiger partial charge on any atom is -0.426 e. The van der Waals surface area contributed by atoms with Crippen molar-refractivity contribution < 1.29 is 9.15 Å². The summed E-state index contributed by atoms with van der Waals surface area (Å²) < 4.78 is 10.8. The van der Waals surface area contributed by atoms with Crippen molar-refractivity contribution in [2.45, 2.75) is 6.92 Å². The molecule has 0 fully saturated rings. The van der Waals surface area contributed by atoms with Gasteiger partial charge in [0, 0.05) is 6.07 Å². The van der Waals surface area contributed by atoms with E-state index in [2.05, 4.69) is 0 Å². The van der Waals surface area contributed by atoms with E-state index < -0.39 is 0 Å². The van der Waals surface area contributed by atoms with Gasteiger partial charge in [0.1, 0.15) is 10.7 Å². The standard InChI is InChI=1S/C12H11NO2S/c1-8-3-2-4-9(7-8)14-11-6-5-10(15-11)12(13)16/h2-7H,1H3,(H2,13,16). The van der Waals surface area contributed by atoms with E-state index in [1.165, 1.54) is 0 Å². The normalized spacial score (nSPS) is 10.1. The maximum Gasteiger partial charge on any atom is 0.290 e. The third-order valence-electron chi connectivity index (χ3n) is 2.03. The van der Waals surface area contributed by atoms with Gasteiger partial charge in [-0.25, -0.2) is 0 Å². The first-order valence-corrected chi connectivity index (χ1v) is 5.20. The Bertz CT molecular complexity index is 519. The van der Waals surface area contributed by atoms with Crippen molar-refractivity contribution in [3.8, 4) is 11.7 Å². The van der Waals surface area contributed by atoms with Crippen molar-refractivity contribution >= 4 is 17.2 Å². The molecule has 4 heteroatoms. The lowest BCUT2D eigenvalue weighted by atomic mass is 10.2. The maximum atomic E-state index is 5.51. The Kier molecular flexibility index (Phi) is 2.92. The number of ether oxygens (including phenoxy) is 1. The molecule has 0 unspecified atom stereocenters. The molecule has 0 radical (unpaired) electrons. The summed E-state index contributed by atoms with van der Waals surface area (Å²) in [6.07, 6.45) is 0. The molecule has 0 atom stereocenters. The van der Waals surface area contributed by atoms with Crippen LogP contribution in [-0.4, -0.2) is 4.99 Å². The average Bonchev–Trinajstić information content (AvgIpc) is 2.66. The van der Waals surface area contributed by atoms with Crippen molar-refractivity contribution in [1.29, 1.82) is 0 Å². The molecule has 1 aromatic carbocycles. The third kappa shape index (κ3) is 2.41. The van der Waals surface area contributed by atoms with Crippen molar-refractivity contribution in [1.82, 2.24) is 0 Å². The molecule has 0 amide bonds. The van der Waals surface area contributed by atoms with Crippen molar-refractivity contribution in [2.75, 3.05) is 0 Å². The van der Waals surface area contributed by atoms with Crippen LogP contribution in [0.4, 0.5) is 0 Å². The molecular formula is C12H11NO2S. The van der Waals surface area contributed by atoms with Gasteiger partial charge in [-0.05, 0) is 30.7 Å². The van der Waals surface area contributed by atoms with E-state index in [1.807, 2.05) is 31.2 Å². The molecule has 3 nitrogen and oxygen atoms in total.